The fourth-order valence-electron chi connectivity index (χ4n) is 2.78. The van der Waals surface area contributed by atoms with Crippen LogP contribution in [0.15, 0.2) is 42.4 Å². The van der Waals surface area contributed by atoms with Crippen LogP contribution in [0.2, 0.25) is 0 Å². The Balaban J connectivity index is 1.60. The molecule has 4 aromatic heterocycles. The summed E-state index contributed by atoms with van der Waals surface area (Å²) >= 11 is 1.35. The topological polar surface area (TPSA) is 97.3 Å². The molecule has 28 heavy (non-hydrogen) atoms. The van der Waals surface area contributed by atoms with Crippen LogP contribution in [0.4, 0.5) is 0 Å². The van der Waals surface area contributed by atoms with Gasteiger partial charge in [-0.3, -0.25) is 9.48 Å². The molecule has 0 aromatic carbocycles. The molecule has 0 unspecified atom stereocenters. The van der Waals surface area contributed by atoms with E-state index in [2.05, 4.69) is 20.5 Å². The Hall–Kier alpha value is -3.04. The highest BCUT2D eigenvalue weighted by Gasteiger charge is 2.17. The third-order valence-electron chi connectivity index (χ3n) is 4.21. The number of thiophene rings is 1. The van der Waals surface area contributed by atoms with E-state index in [1.54, 1.807) is 41.6 Å². The van der Waals surface area contributed by atoms with Crippen LogP contribution in [-0.4, -0.2) is 47.5 Å². The second-order valence-electron chi connectivity index (χ2n) is 7.27. The number of carbonyl (C=O) groups excluding carboxylic acids is 1. The summed E-state index contributed by atoms with van der Waals surface area (Å²) in [4.78, 5) is 17.4. The van der Waals surface area contributed by atoms with Crippen molar-refractivity contribution < 1.29 is 9.90 Å². The molecule has 0 bridgehead atoms. The Morgan fingerprint density at radius 1 is 1.18 bits per heavy atom. The van der Waals surface area contributed by atoms with Gasteiger partial charge in [0.25, 0.3) is 5.91 Å². The first-order valence-corrected chi connectivity index (χ1v) is 9.60. The average molecular weight is 396 g/mol. The highest BCUT2D eigenvalue weighted by atomic mass is 32.1. The van der Waals surface area contributed by atoms with Crippen molar-refractivity contribution in [1.29, 1.82) is 0 Å². The molecule has 0 aliphatic carbocycles. The number of aromatic nitrogens is 5. The minimum absolute atomic E-state index is 0.189. The van der Waals surface area contributed by atoms with E-state index in [0.29, 0.717) is 10.5 Å². The highest BCUT2D eigenvalue weighted by Crippen LogP contribution is 2.29. The summed E-state index contributed by atoms with van der Waals surface area (Å²) in [7, 11) is 1.87. The Morgan fingerprint density at radius 2 is 1.96 bits per heavy atom. The van der Waals surface area contributed by atoms with Crippen molar-refractivity contribution >= 4 is 22.9 Å². The number of hydrogen-bond acceptors (Lipinski definition) is 6. The third kappa shape index (κ3) is 3.67. The summed E-state index contributed by atoms with van der Waals surface area (Å²) in [6, 6.07) is 1.82. The van der Waals surface area contributed by atoms with Crippen LogP contribution >= 0.6 is 11.3 Å². The first-order valence-electron chi connectivity index (χ1n) is 8.72. The number of fused-ring (bicyclic) bond motifs is 1. The van der Waals surface area contributed by atoms with E-state index < -0.39 is 5.60 Å². The molecular formula is C19H20N6O2S. The van der Waals surface area contributed by atoms with E-state index in [0.717, 1.165) is 22.3 Å². The highest BCUT2D eigenvalue weighted by molar-refractivity contribution is 7.12. The summed E-state index contributed by atoms with van der Waals surface area (Å²) < 4.78 is 3.47. The van der Waals surface area contributed by atoms with Crippen molar-refractivity contribution in [1.82, 2.24) is 29.7 Å². The zero-order valence-corrected chi connectivity index (χ0v) is 16.6. The van der Waals surface area contributed by atoms with Crippen molar-refractivity contribution in [2.45, 2.75) is 19.4 Å². The largest absolute Gasteiger partial charge is 0.389 e. The van der Waals surface area contributed by atoms with Gasteiger partial charge in [0, 0.05) is 48.9 Å². The molecule has 4 rings (SSSR count). The van der Waals surface area contributed by atoms with Gasteiger partial charge >= 0.3 is 0 Å². The molecule has 0 aliphatic rings. The second-order valence-corrected chi connectivity index (χ2v) is 8.18. The molecule has 0 fully saturated rings. The molecule has 0 aliphatic heterocycles. The predicted molar refractivity (Wildman–Crippen MR) is 107 cm³/mol. The lowest BCUT2D eigenvalue weighted by Gasteiger charge is -2.17. The molecule has 4 heterocycles. The van der Waals surface area contributed by atoms with Crippen LogP contribution in [0.1, 0.15) is 23.5 Å². The van der Waals surface area contributed by atoms with Crippen LogP contribution < -0.4 is 5.32 Å². The zero-order valence-electron chi connectivity index (χ0n) is 15.7. The average Bonchev–Trinajstić information content (AvgIpc) is 3.37. The van der Waals surface area contributed by atoms with Gasteiger partial charge in [0.05, 0.1) is 22.9 Å². The van der Waals surface area contributed by atoms with Crippen LogP contribution in [0.3, 0.4) is 0 Å². The molecule has 0 atom stereocenters. The summed E-state index contributed by atoms with van der Waals surface area (Å²) in [5.41, 5.74) is 3.40. The number of aryl methyl sites for hydroxylation is 1. The van der Waals surface area contributed by atoms with Crippen molar-refractivity contribution in [2.75, 3.05) is 6.54 Å². The first kappa shape index (κ1) is 18.3. The number of amides is 1. The molecule has 0 spiro atoms. The van der Waals surface area contributed by atoms with Gasteiger partial charge in [-0.05, 0) is 30.9 Å². The van der Waals surface area contributed by atoms with Gasteiger partial charge in [-0.15, -0.1) is 11.3 Å². The van der Waals surface area contributed by atoms with Gasteiger partial charge in [-0.25, -0.2) is 9.50 Å². The second kappa shape index (κ2) is 6.84. The number of rotatable bonds is 5. The maximum Gasteiger partial charge on any atom is 0.261 e. The molecule has 8 nitrogen and oxygen atoms in total. The number of carbonyl (C=O) groups is 1. The lowest BCUT2D eigenvalue weighted by molar-refractivity contribution is 0.0696. The van der Waals surface area contributed by atoms with Crippen molar-refractivity contribution in [3.63, 3.8) is 0 Å². The van der Waals surface area contributed by atoms with Crippen molar-refractivity contribution in [3.8, 4) is 22.3 Å². The summed E-state index contributed by atoms with van der Waals surface area (Å²) in [6.45, 7) is 3.49. The van der Waals surface area contributed by atoms with Crippen molar-refractivity contribution in [2.24, 2.45) is 7.05 Å². The van der Waals surface area contributed by atoms with E-state index >= 15 is 0 Å². The third-order valence-corrected chi connectivity index (χ3v) is 5.14. The van der Waals surface area contributed by atoms with E-state index in [4.69, 9.17) is 0 Å². The minimum atomic E-state index is -0.950. The fraction of sp³-hybridized carbons (Fsp3) is 0.263. The molecule has 0 saturated carbocycles. The number of nitrogens with zero attached hydrogens (tertiary/aromatic N) is 5. The molecule has 2 N–H and O–H groups in total. The Bertz CT molecular complexity index is 1150. The molecule has 0 radical (unpaired) electrons. The van der Waals surface area contributed by atoms with Crippen LogP contribution in [0.5, 0.6) is 0 Å². The maximum atomic E-state index is 12.3. The number of aliphatic hydroxyl groups is 1. The maximum absolute atomic E-state index is 12.3. The van der Waals surface area contributed by atoms with Crippen LogP contribution in [0, 0.1) is 0 Å². The van der Waals surface area contributed by atoms with Gasteiger partial charge in [0.15, 0.2) is 5.65 Å². The lowest BCUT2D eigenvalue weighted by atomic mass is 10.1. The monoisotopic (exact) mass is 396 g/mol. The van der Waals surface area contributed by atoms with Crippen molar-refractivity contribution in [3.05, 3.63) is 47.3 Å². The summed E-state index contributed by atoms with van der Waals surface area (Å²) in [5, 5.41) is 23.0. The van der Waals surface area contributed by atoms with E-state index in [-0.39, 0.29) is 12.5 Å². The lowest BCUT2D eigenvalue weighted by Crippen LogP contribution is -2.37. The predicted octanol–water partition coefficient (Wildman–Crippen LogP) is 2.36. The van der Waals surface area contributed by atoms with Gasteiger partial charge in [-0.1, -0.05) is 0 Å². The van der Waals surface area contributed by atoms with E-state index in [9.17, 15) is 9.90 Å². The molecule has 9 heteroatoms. The molecule has 144 valence electrons. The number of hydrogen-bond donors (Lipinski definition) is 2. The molecular weight excluding hydrogens is 376 g/mol. The van der Waals surface area contributed by atoms with E-state index in [1.165, 1.54) is 11.3 Å². The zero-order chi connectivity index (χ0) is 19.9. The number of nitrogens with one attached hydrogen (secondary N) is 1. The van der Waals surface area contributed by atoms with Crippen LogP contribution in [-0.2, 0) is 7.05 Å². The Kier molecular flexibility index (Phi) is 4.48. The Morgan fingerprint density at radius 3 is 2.68 bits per heavy atom. The SMILES string of the molecule is Cn1cc(-c2cnc3c(-c4csc(C(=O)NCC(C)(C)O)c4)cnn3c2)cn1. The summed E-state index contributed by atoms with van der Waals surface area (Å²) in [5.74, 6) is -0.207. The molecule has 1 amide bonds. The standard InChI is InChI=1S/C19H20N6O2S/c1-19(2,27)11-21-18(26)16-4-12(10-28-16)15-7-23-25-9-13(5-20-17(15)25)14-6-22-24(3)8-14/h4-10,27H,11H2,1-3H3,(H,21,26). The molecule has 0 saturated heterocycles. The molecule has 4 aromatic rings. The normalized spacial score (nSPS) is 11.9. The summed E-state index contributed by atoms with van der Waals surface area (Å²) in [6.07, 6.45) is 9.15. The smallest absolute Gasteiger partial charge is 0.261 e. The van der Waals surface area contributed by atoms with E-state index in [1.807, 2.05) is 30.9 Å². The Labute approximate surface area is 165 Å². The van der Waals surface area contributed by atoms with Gasteiger partial charge in [0.2, 0.25) is 0 Å². The van der Waals surface area contributed by atoms with Gasteiger partial charge in [0.1, 0.15) is 0 Å². The van der Waals surface area contributed by atoms with Crippen LogP contribution in [0.25, 0.3) is 27.9 Å². The van der Waals surface area contributed by atoms with Gasteiger partial charge < -0.3 is 10.4 Å². The minimum Gasteiger partial charge on any atom is -0.389 e. The fourth-order valence-corrected chi connectivity index (χ4v) is 3.60. The van der Waals surface area contributed by atoms with Gasteiger partial charge in [-0.2, -0.15) is 10.2 Å². The first-order chi connectivity index (χ1) is 13.3. The quantitative estimate of drug-likeness (QED) is 0.540.